The van der Waals surface area contributed by atoms with Crippen LogP contribution in [-0.2, 0) is 28.6 Å². The molecule has 1 atom stereocenters. The molecule has 0 aliphatic carbocycles. The summed E-state index contributed by atoms with van der Waals surface area (Å²) in [6.45, 7) is 6.63. The number of hydrogen-bond donors (Lipinski definition) is 0. The van der Waals surface area contributed by atoms with Crippen molar-refractivity contribution in [3.8, 4) is 0 Å². The Kier molecular flexibility index (Phi) is 44.3. The van der Waals surface area contributed by atoms with Crippen LogP contribution in [0.2, 0.25) is 0 Å². The van der Waals surface area contributed by atoms with Gasteiger partial charge in [0.25, 0.3) is 0 Å². The van der Waals surface area contributed by atoms with E-state index in [9.17, 15) is 14.4 Å². The van der Waals surface area contributed by atoms with Gasteiger partial charge in [-0.3, -0.25) is 14.4 Å². The zero-order valence-electron chi connectivity index (χ0n) is 37.7. The van der Waals surface area contributed by atoms with E-state index in [1.54, 1.807) is 0 Å². The number of hydrogen-bond acceptors (Lipinski definition) is 6. The van der Waals surface area contributed by atoms with Crippen molar-refractivity contribution in [1.29, 1.82) is 0 Å². The van der Waals surface area contributed by atoms with Crippen LogP contribution in [-0.4, -0.2) is 37.2 Å². The summed E-state index contributed by atoms with van der Waals surface area (Å²) in [4.78, 5) is 37.8. The molecular formula is C50H94O6. The molecule has 0 N–H and O–H groups in total. The van der Waals surface area contributed by atoms with E-state index in [4.69, 9.17) is 14.2 Å². The molecule has 0 aromatic heterocycles. The predicted molar refractivity (Wildman–Crippen MR) is 238 cm³/mol. The first-order valence-corrected chi connectivity index (χ1v) is 24.7. The highest BCUT2D eigenvalue weighted by Gasteiger charge is 2.19. The summed E-state index contributed by atoms with van der Waals surface area (Å²) in [7, 11) is 0. The molecule has 56 heavy (non-hydrogen) atoms. The summed E-state index contributed by atoms with van der Waals surface area (Å²) in [5.41, 5.74) is 0. The third-order valence-corrected chi connectivity index (χ3v) is 11.0. The smallest absolute Gasteiger partial charge is 0.306 e. The SMILES string of the molecule is CCCCCCCC/C=C\CCCCCCCCCC(=O)OCC(COC(=O)CCCCCCCCCCC)OC(=O)CCCCCCCCCCCCCC. The fraction of sp³-hybridized carbons (Fsp3) is 0.900. The summed E-state index contributed by atoms with van der Waals surface area (Å²) in [5, 5.41) is 0. The summed E-state index contributed by atoms with van der Waals surface area (Å²) in [6, 6.07) is 0. The normalized spacial score (nSPS) is 12.0. The second-order valence-electron chi connectivity index (χ2n) is 16.7. The van der Waals surface area contributed by atoms with E-state index in [0.29, 0.717) is 19.3 Å². The van der Waals surface area contributed by atoms with Crippen molar-refractivity contribution < 1.29 is 28.6 Å². The molecule has 0 rings (SSSR count). The number of esters is 3. The van der Waals surface area contributed by atoms with Crippen LogP contribution in [0.5, 0.6) is 0 Å². The Hall–Kier alpha value is -1.85. The molecule has 0 saturated heterocycles. The van der Waals surface area contributed by atoms with Gasteiger partial charge >= 0.3 is 17.9 Å². The molecule has 0 aromatic carbocycles. The number of carbonyl (C=O) groups is 3. The van der Waals surface area contributed by atoms with Crippen LogP contribution < -0.4 is 0 Å². The minimum absolute atomic E-state index is 0.0668. The van der Waals surface area contributed by atoms with Gasteiger partial charge < -0.3 is 14.2 Å². The van der Waals surface area contributed by atoms with Gasteiger partial charge in [0, 0.05) is 19.3 Å². The van der Waals surface area contributed by atoms with Crippen molar-refractivity contribution >= 4 is 17.9 Å². The van der Waals surface area contributed by atoms with Gasteiger partial charge in [0.2, 0.25) is 0 Å². The summed E-state index contributed by atoms with van der Waals surface area (Å²) in [6.07, 6.45) is 49.1. The van der Waals surface area contributed by atoms with Crippen LogP contribution in [0.3, 0.4) is 0 Å². The zero-order chi connectivity index (χ0) is 40.8. The Balaban J connectivity index is 4.28. The molecule has 0 spiro atoms. The topological polar surface area (TPSA) is 78.9 Å². The molecule has 1 unspecified atom stereocenters. The van der Waals surface area contributed by atoms with Crippen LogP contribution in [0.15, 0.2) is 12.2 Å². The number of rotatable bonds is 45. The van der Waals surface area contributed by atoms with Crippen LogP contribution in [0.25, 0.3) is 0 Å². The Morgan fingerprint density at radius 1 is 0.339 bits per heavy atom. The Morgan fingerprint density at radius 3 is 0.893 bits per heavy atom. The van der Waals surface area contributed by atoms with Crippen LogP contribution in [0, 0.1) is 0 Å². The molecule has 0 aliphatic rings. The molecule has 0 heterocycles. The second-order valence-corrected chi connectivity index (χ2v) is 16.7. The van der Waals surface area contributed by atoms with Crippen LogP contribution in [0.4, 0.5) is 0 Å². The lowest BCUT2D eigenvalue weighted by Crippen LogP contribution is -2.30. The van der Waals surface area contributed by atoms with E-state index in [1.807, 2.05) is 0 Å². The Labute approximate surface area is 348 Å². The number of ether oxygens (including phenoxy) is 3. The first-order chi connectivity index (χ1) is 27.5. The maximum Gasteiger partial charge on any atom is 0.306 e. The molecule has 0 aliphatic heterocycles. The maximum absolute atomic E-state index is 12.7. The van der Waals surface area contributed by atoms with E-state index >= 15 is 0 Å². The maximum atomic E-state index is 12.7. The van der Waals surface area contributed by atoms with Crippen molar-refractivity contribution in [1.82, 2.24) is 0 Å². The van der Waals surface area contributed by atoms with Gasteiger partial charge in [0.05, 0.1) is 0 Å². The average molecular weight is 791 g/mol. The highest BCUT2D eigenvalue weighted by molar-refractivity contribution is 5.71. The Morgan fingerprint density at radius 2 is 0.589 bits per heavy atom. The van der Waals surface area contributed by atoms with Crippen LogP contribution in [0.1, 0.15) is 271 Å². The molecule has 0 bridgehead atoms. The minimum atomic E-state index is -0.763. The molecule has 6 nitrogen and oxygen atoms in total. The average Bonchev–Trinajstić information content (AvgIpc) is 3.19. The number of allylic oxidation sites excluding steroid dienone is 2. The molecular weight excluding hydrogens is 697 g/mol. The van der Waals surface area contributed by atoms with Crippen molar-refractivity contribution in [3.63, 3.8) is 0 Å². The van der Waals surface area contributed by atoms with Crippen molar-refractivity contribution in [3.05, 3.63) is 12.2 Å². The van der Waals surface area contributed by atoms with Gasteiger partial charge in [0.15, 0.2) is 6.10 Å². The molecule has 0 saturated carbocycles. The highest BCUT2D eigenvalue weighted by atomic mass is 16.6. The fourth-order valence-electron chi connectivity index (χ4n) is 7.26. The summed E-state index contributed by atoms with van der Waals surface area (Å²) >= 11 is 0. The zero-order valence-corrected chi connectivity index (χ0v) is 37.7. The third kappa shape index (κ3) is 43.3. The van der Waals surface area contributed by atoms with Crippen molar-refractivity contribution in [2.45, 2.75) is 277 Å². The minimum Gasteiger partial charge on any atom is -0.462 e. The summed E-state index contributed by atoms with van der Waals surface area (Å²) in [5.74, 6) is -0.862. The van der Waals surface area contributed by atoms with Crippen LogP contribution >= 0.6 is 0 Å². The van der Waals surface area contributed by atoms with E-state index in [-0.39, 0.29) is 31.1 Å². The van der Waals surface area contributed by atoms with E-state index in [0.717, 1.165) is 57.8 Å². The largest absolute Gasteiger partial charge is 0.462 e. The predicted octanol–water partition coefficient (Wildman–Crippen LogP) is 15.8. The van der Waals surface area contributed by atoms with Crippen molar-refractivity contribution in [2.75, 3.05) is 13.2 Å². The lowest BCUT2D eigenvalue weighted by atomic mass is 10.0. The lowest BCUT2D eigenvalue weighted by molar-refractivity contribution is -0.167. The lowest BCUT2D eigenvalue weighted by Gasteiger charge is -2.18. The van der Waals surface area contributed by atoms with Gasteiger partial charge in [-0.2, -0.15) is 0 Å². The monoisotopic (exact) mass is 791 g/mol. The fourth-order valence-corrected chi connectivity index (χ4v) is 7.26. The first kappa shape index (κ1) is 54.2. The molecule has 0 radical (unpaired) electrons. The van der Waals surface area contributed by atoms with Gasteiger partial charge in [-0.1, -0.05) is 219 Å². The van der Waals surface area contributed by atoms with Gasteiger partial charge in [-0.25, -0.2) is 0 Å². The van der Waals surface area contributed by atoms with Gasteiger partial charge in [0.1, 0.15) is 13.2 Å². The molecule has 0 aromatic rings. The number of carbonyl (C=O) groups excluding carboxylic acids is 3. The Bertz CT molecular complexity index is 870. The number of unbranched alkanes of at least 4 members (excludes halogenated alkanes) is 32. The molecule has 0 amide bonds. The van der Waals surface area contributed by atoms with E-state index < -0.39 is 6.10 Å². The van der Waals surface area contributed by atoms with E-state index in [2.05, 4.69) is 32.9 Å². The van der Waals surface area contributed by atoms with Gasteiger partial charge in [-0.15, -0.1) is 0 Å². The van der Waals surface area contributed by atoms with E-state index in [1.165, 1.54) is 173 Å². The van der Waals surface area contributed by atoms with Crippen molar-refractivity contribution in [2.24, 2.45) is 0 Å². The molecule has 6 heteroatoms. The first-order valence-electron chi connectivity index (χ1n) is 24.7. The highest BCUT2D eigenvalue weighted by Crippen LogP contribution is 2.15. The second kappa shape index (κ2) is 45.8. The summed E-state index contributed by atoms with van der Waals surface area (Å²) < 4.78 is 16.7. The standard InChI is InChI=1S/C50H94O6/c1-4-7-10-13-16-19-21-23-24-25-26-27-29-31-34-37-40-43-49(52)55-46-47(45-54-48(51)42-39-36-33-30-18-15-12-9-6-3)56-50(53)44-41-38-35-32-28-22-20-17-14-11-8-5-2/h23-24,47H,4-22,25-46H2,1-3H3/b24-23-. The van der Waals surface area contributed by atoms with Gasteiger partial charge in [-0.05, 0) is 44.9 Å². The molecule has 330 valence electrons. The quantitative estimate of drug-likeness (QED) is 0.0264. The third-order valence-electron chi connectivity index (χ3n) is 11.0. The molecule has 0 fully saturated rings.